The molecule has 1 aliphatic rings. The van der Waals surface area contributed by atoms with Crippen LogP contribution >= 0.6 is 11.6 Å². The number of fused-ring (bicyclic) bond motifs is 1. The van der Waals surface area contributed by atoms with E-state index in [-0.39, 0.29) is 0 Å². The van der Waals surface area contributed by atoms with E-state index in [0.29, 0.717) is 10.7 Å². The van der Waals surface area contributed by atoms with Crippen LogP contribution in [0.15, 0.2) is 30.5 Å². The molecule has 1 aliphatic heterocycles. The zero-order valence-corrected chi connectivity index (χ0v) is 12.6. The highest BCUT2D eigenvalue weighted by Gasteiger charge is 2.17. The molecule has 22 heavy (non-hydrogen) atoms. The van der Waals surface area contributed by atoms with E-state index < -0.39 is 0 Å². The predicted octanol–water partition coefficient (Wildman–Crippen LogP) is 2.08. The standard InChI is InChI=1S/C15H15ClN6/c16-11-3-4-12(22-8-6-17-7-9-22)19-14(11)13-10-2-1-5-18-15(10)21-20-13/h1-5,17H,6-9H2,(H,18,20,21). The minimum Gasteiger partial charge on any atom is -0.354 e. The van der Waals surface area contributed by atoms with Gasteiger partial charge in [0.25, 0.3) is 0 Å². The molecule has 0 spiro atoms. The molecular weight excluding hydrogens is 300 g/mol. The van der Waals surface area contributed by atoms with Crippen molar-refractivity contribution in [1.29, 1.82) is 0 Å². The van der Waals surface area contributed by atoms with Gasteiger partial charge in [0.1, 0.15) is 17.2 Å². The molecule has 0 amide bonds. The van der Waals surface area contributed by atoms with Crippen LogP contribution in [0.3, 0.4) is 0 Å². The van der Waals surface area contributed by atoms with Crippen molar-refractivity contribution in [3.63, 3.8) is 0 Å². The van der Waals surface area contributed by atoms with Gasteiger partial charge in [-0.05, 0) is 24.3 Å². The topological polar surface area (TPSA) is 69.7 Å². The first kappa shape index (κ1) is 13.5. The van der Waals surface area contributed by atoms with Gasteiger partial charge in [0, 0.05) is 37.8 Å². The lowest BCUT2D eigenvalue weighted by Gasteiger charge is -2.28. The number of halogens is 1. The first-order valence-corrected chi connectivity index (χ1v) is 7.62. The summed E-state index contributed by atoms with van der Waals surface area (Å²) in [6.07, 6.45) is 1.73. The third-order valence-corrected chi connectivity index (χ3v) is 4.14. The lowest BCUT2D eigenvalue weighted by molar-refractivity contribution is 0.585. The fourth-order valence-electron chi connectivity index (χ4n) is 2.70. The van der Waals surface area contributed by atoms with Gasteiger partial charge in [0.15, 0.2) is 5.65 Å². The third kappa shape index (κ3) is 2.30. The highest BCUT2D eigenvalue weighted by atomic mass is 35.5. The zero-order valence-electron chi connectivity index (χ0n) is 11.9. The molecule has 7 heteroatoms. The number of pyridine rings is 2. The largest absolute Gasteiger partial charge is 0.354 e. The van der Waals surface area contributed by atoms with Crippen molar-refractivity contribution in [1.82, 2.24) is 25.5 Å². The Morgan fingerprint density at radius 2 is 1.95 bits per heavy atom. The van der Waals surface area contributed by atoms with Gasteiger partial charge >= 0.3 is 0 Å². The summed E-state index contributed by atoms with van der Waals surface area (Å²) in [6, 6.07) is 7.70. The minimum absolute atomic E-state index is 0.594. The smallest absolute Gasteiger partial charge is 0.155 e. The van der Waals surface area contributed by atoms with Gasteiger partial charge < -0.3 is 10.2 Å². The van der Waals surface area contributed by atoms with Crippen molar-refractivity contribution in [2.45, 2.75) is 0 Å². The van der Waals surface area contributed by atoms with Crippen LogP contribution in [0.25, 0.3) is 22.4 Å². The maximum Gasteiger partial charge on any atom is 0.155 e. The number of nitrogens with one attached hydrogen (secondary N) is 2. The van der Waals surface area contributed by atoms with Crippen LogP contribution in [0.2, 0.25) is 5.02 Å². The molecule has 1 fully saturated rings. The normalized spacial score (nSPS) is 15.4. The van der Waals surface area contributed by atoms with Crippen molar-refractivity contribution in [2.75, 3.05) is 31.1 Å². The van der Waals surface area contributed by atoms with Gasteiger partial charge in [-0.3, -0.25) is 5.10 Å². The van der Waals surface area contributed by atoms with Crippen molar-refractivity contribution in [3.05, 3.63) is 35.5 Å². The summed E-state index contributed by atoms with van der Waals surface area (Å²) in [5.74, 6) is 0.931. The molecule has 0 atom stereocenters. The summed E-state index contributed by atoms with van der Waals surface area (Å²) >= 11 is 6.36. The molecule has 2 N–H and O–H groups in total. The van der Waals surface area contributed by atoms with E-state index in [4.69, 9.17) is 16.6 Å². The fourth-order valence-corrected chi connectivity index (χ4v) is 2.90. The number of rotatable bonds is 2. The van der Waals surface area contributed by atoms with Gasteiger partial charge in [-0.15, -0.1) is 0 Å². The van der Waals surface area contributed by atoms with Crippen molar-refractivity contribution in [2.24, 2.45) is 0 Å². The van der Waals surface area contributed by atoms with Crippen LogP contribution in [0.5, 0.6) is 0 Å². The Labute approximate surface area is 132 Å². The van der Waals surface area contributed by atoms with E-state index in [9.17, 15) is 0 Å². The van der Waals surface area contributed by atoms with E-state index in [2.05, 4.69) is 25.4 Å². The molecular formula is C15H15ClN6. The van der Waals surface area contributed by atoms with E-state index in [1.807, 2.05) is 24.3 Å². The number of anilines is 1. The number of hydrogen-bond donors (Lipinski definition) is 2. The summed E-state index contributed by atoms with van der Waals surface area (Å²) in [5.41, 5.74) is 2.17. The molecule has 0 bridgehead atoms. The van der Waals surface area contributed by atoms with Crippen molar-refractivity contribution in [3.8, 4) is 11.4 Å². The van der Waals surface area contributed by atoms with Gasteiger partial charge in [-0.1, -0.05) is 11.6 Å². The van der Waals surface area contributed by atoms with E-state index in [1.165, 1.54) is 0 Å². The van der Waals surface area contributed by atoms with E-state index in [0.717, 1.165) is 48.7 Å². The molecule has 0 radical (unpaired) electrons. The van der Waals surface area contributed by atoms with Crippen LogP contribution in [0.4, 0.5) is 5.82 Å². The first-order valence-electron chi connectivity index (χ1n) is 7.24. The molecule has 112 valence electrons. The fraction of sp³-hybridized carbons (Fsp3) is 0.267. The Kier molecular flexibility index (Phi) is 3.40. The van der Waals surface area contributed by atoms with Gasteiger partial charge in [-0.2, -0.15) is 5.10 Å². The molecule has 1 saturated heterocycles. The number of piperazine rings is 1. The van der Waals surface area contributed by atoms with Crippen LogP contribution in [0, 0.1) is 0 Å². The zero-order chi connectivity index (χ0) is 14.9. The lowest BCUT2D eigenvalue weighted by atomic mass is 10.2. The summed E-state index contributed by atoms with van der Waals surface area (Å²) in [4.78, 5) is 11.3. The summed E-state index contributed by atoms with van der Waals surface area (Å²) in [6.45, 7) is 3.82. The molecule has 0 unspecified atom stereocenters. The number of hydrogen-bond acceptors (Lipinski definition) is 5. The minimum atomic E-state index is 0.594. The lowest BCUT2D eigenvalue weighted by Crippen LogP contribution is -2.43. The summed E-state index contributed by atoms with van der Waals surface area (Å²) in [7, 11) is 0. The number of nitrogens with zero attached hydrogens (tertiary/aromatic N) is 4. The highest BCUT2D eigenvalue weighted by molar-refractivity contribution is 6.33. The SMILES string of the molecule is Clc1ccc(N2CCNCC2)nc1-c1n[nH]c2ncccc12. The Balaban J connectivity index is 1.80. The maximum atomic E-state index is 6.36. The Morgan fingerprint density at radius 1 is 1.09 bits per heavy atom. The Bertz CT molecular complexity index is 809. The monoisotopic (exact) mass is 314 g/mol. The van der Waals surface area contributed by atoms with Crippen molar-refractivity contribution < 1.29 is 0 Å². The maximum absolute atomic E-state index is 6.36. The molecule has 0 saturated carbocycles. The molecule has 0 aliphatic carbocycles. The molecule has 3 aromatic heterocycles. The molecule has 6 nitrogen and oxygen atoms in total. The van der Waals surface area contributed by atoms with Crippen LogP contribution < -0.4 is 10.2 Å². The molecule has 3 aromatic rings. The highest BCUT2D eigenvalue weighted by Crippen LogP contribution is 2.31. The number of aromatic amines is 1. The van der Waals surface area contributed by atoms with E-state index >= 15 is 0 Å². The first-order chi connectivity index (χ1) is 10.8. The Morgan fingerprint density at radius 3 is 2.82 bits per heavy atom. The van der Waals surface area contributed by atoms with Gasteiger partial charge in [0.05, 0.1) is 5.02 Å². The second-order valence-electron chi connectivity index (χ2n) is 5.21. The second-order valence-corrected chi connectivity index (χ2v) is 5.62. The molecule has 0 aromatic carbocycles. The summed E-state index contributed by atoms with van der Waals surface area (Å²) < 4.78 is 0. The average molecular weight is 315 g/mol. The molecule has 4 heterocycles. The quantitative estimate of drug-likeness (QED) is 0.758. The summed E-state index contributed by atoms with van der Waals surface area (Å²) in [5, 5.41) is 12.1. The average Bonchev–Trinajstić information content (AvgIpc) is 3.00. The van der Waals surface area contributed by atoms with Crippen LogP contribution in [0.1, 0.15) is 0 Å². The number of aromatic nitrogens is 4. The van der Waals surface area contributed by atoms with Crippen LogP contribution in [-0.4, -0.2) is 46.3 Å². The van der Waals surface area contributed by atoms with Crippen molar-refractivity contribution >= 4 is 28.5 Å². The predicted molar refractivity (Wildman–Crippen MR) is 87.2 cm³/mol. The van der Waals surface area contributed by atoms with E-state index in [1.54, 1.807) is 6.20 Å². The van der Waals surface area contributed by atoms with Gasteiger partial charge in [0.2, 0.25) is 0 Å². The van der Waals surface area contributed by atoms with Gasteiger partial charge in [-0.25, -0.2) is 9.97 Å². The number of H-pyrrole nitrogens is 1. The second kappa shape index (κ2) is 5.55. The Hall–Kier alpha value is -2.18. The molecule has 4 rings (SSSR count). The third-order valence-electron chi connectivity index (χ3n) is 3.83. The van der Waals surface area contributed by atoms with Crippen LogP contribution in [-0.2, 0) is 0 Å².